The van der Waals surface area contributed by atoms with Crippen molar-refractivity contribution in [3.63, 3.8) is 0 Å². The fourth-order valence-electron chi connectivity index (χ4n) is 5.13. The smallest absolute Gasteiger partial charge is 0.118 e. The number of likely N-dealkylation sites (tertiary alicyclic amines) is 2. The van der Waals surface area contributed by atoms with Crippen molar-refractivity contribution in [1.82, 2.24) is 19.8 Å². The van der Waals surface area contributed by atoms with Crippen molar-refractivity contribution in [2.24, 2.45) is 5.92 Å². The van der Waals surface area contributed by atoms with Crippen LogP contribution in [0.4, 0.5) is 4.39 Å². The van der Waals surface area contributed by atoms with Crippen LogP contribution in [0.25, 0.3) is 17.0 Å². The zero-order valence-corrected chi connectivity index (χ0v) is 20.4. The molecule has 1 aromatic carbocycles. The predicted molar refractivity (Wildman–Crippen MR) is 135 cm³/mol. The highest BCUT2D eigenvalue weighted by Crippen LogP contribution is 2.26. The van der Waals surface area contributed by atoms with Crippen LogP contribution in [0.5, 0.6) is 0 Å². The molecule has 0 N–H and O–H groups in total. The fraction of sp³-hybridized carbons (Fsp3) is 0.571. The maximum Gasteiger partial charge on any atom is 0.118 e. The summed E-state index contributed by atoms with van der Waals surface area (Å²) in [7, 11) is 0. The zero-order chi connectivity index (χ0) is 23.3. The van der Waals surface area contributed by atoms with Crippen molar-refractivity contribution in [1.29, 1.82) is 0 Å². The molecule has 0 spiro atoms. The lowest BCUT2D eigenvalue weighted by Crippen LogP contribution is -2.41. The number of rotatable bonds is 8. The largest absolute Gasteiger partial charge is 0.372 e. The summed E-state index contributed by atoms with van der Waals surface area (Å²) in [5.41, 5.74) is 4.27. The van der Waals surface area contributed by atoms with Crippen LogP contribution in [0.15, 0.2) is 43.2 Å². The van der Waals surface area contributed by atoms with E-state index in [0.29, 0.717) is 12.5 Å². The lowest BCUT2D eigenvalue weighted by Gasteiger charge is -2.34. The van der Waals surface area contributed by atoms with Crippen molar-refractivity contribution in [3.05, 3.63) is 54.5 Å². The van der Waals surface area contributed by atoms with Crippen molar-refractivity contribution in [2.45, 2.75) is 64.5 Å². The highest BCUT2D eigenvalue weighted by Gasteiger charge is 2.25. The Morgan fingerprint density at radius 3 is 2.30 bits per heavy atom. The molecule has 178 valence electrons. The second-order valence-electron chi connectivity index (χ2n) is 10.4. The summed E-state index contributed by atoms with van der Waals surface area (Å²) in [4.78, 5) is 14.0. The van der Waals surface area contributed by atoms with E-state index in [0.717, 1.165) is 74.5 Å². The van der Waals surface area contributed by atoms with E-state index in [4.69, 9.17) is 0 Å². The topological polar surface area (TPSA) is 32.3 Å². The average molecular weight is 451 g/mol. The molecule has 2 aliphatic rings. The molecule has 3 heterocycles. The Hall–Kier alpha value is -2.27. The van der Waals surface area contributed by atoms with Gasteiger partial charge in [-0.1, -0.05) is 30.8 Å². The standard InChI is InChI=1S/C28H39FN4/c1-22(33-15-5-4-6-16-33)24-8-10-25(11-9-24)27-20-30-26(19-31-27)12-7-23-13-17-32(18-14-23)21-28(2,3)29/h8-11,19-20,23H,1,4-7,12-18,21H2,2-3H3. The molecule has 5 heteroatoms. The number of alkyl halides is 1. The molecule has 2 aromatic rings. The minimum Gasteiger partial charge on any atom is -0.372 e. The Kier molecular flexibility index (Phi) is 7.79. The van der Waals surface area contributed by atoms with Gasteiger partial charge < -0.3 is 9.80 Å². The third-order valence-electron chi connectivity index (χ3n) is 7.07. The quantitative estimate of drug-likeness (QED) is 0.494. The van der Waals surface area contributed by atoms with Crippen molar-refractivity contribution in [3.8, 4) is 11.3 Å². The van der Waals surface area contributed by atoms with E-state index in [1.807, 2.05) is 12.4 Å². The molecular weight excluding hydrogens is 411 g/mol. The summed E-state index contributed by atoms with van der Waals surface area (Å²) in [5, 5.41) is 0. The molecule has 1 aromatic heterocycles. The summed E-state index contributed by atoms with van der Waals surface area (Å²) in [6.07, 6.45) is 12.1. The Labute approximate surface area is 198 Å². The molecule has 4 rings (SSSR count). The number of halogens is 1. The van der Waals surface area contributed by atoms with Gasteiger partial charge in [0.15, 0.2) is 0 Å². The van der Waals surface area contributed by atoms with Gasteiger partial charge in [-0.3, -0.25) is 9.97 Å². The van der Waals surface area contributed by atoms with E-state index in [2.05, 4.69) is 50.6 Å². The molecule has 0 unspecified atom stereocenters. The van der Waals surface area contributed by atoms with Crippen LogP contribution in [0.1, 0.15) is 63.6 Å². The van der Waals surface area contributed by atoms with Gasteiger partial charge in [-0.15, -0.1) is 0 Å². The minimum atomic E-state index is -1.11. The lowest BCUT2D eigenvalue weighted by molar-refractivity contribution is 0.0942. The number of aromatic nitrogens is 2. The van der Waals surface area contributed by atoms with Gasteiger partial charge in [0.05, 0.1) is 17.6 Å². The normalized spacial score (nSPS) is 18.5. The maximum atomic E-state index is 13.9. The number of benzene rings is 1. The van der Waals surface area contributed by atoms with Gasteiger partial charge in [-0.25, -0.2) is 4.39 Å². The molecule has 2 fully saturated rings. The van der Waals surface area contributed by atoms with Gasteiger partial charge in [-0.05, 0) is 83.4 Å². The third-order valence-corrected chi connectivity index (χ3v) is 7.07. The lowest BCUT2D eigenvalue weighted by atomic mass is 9.91. The molecule has 0 amide bonds. The number of aryl methyl sites for hydroxylation is 1. The number of hydrogen-bond acceptors (Lipinski definition) is 4. The average Bonchev–Trinajstić information content (AvgIpc) is 2.83. The van der Waals surface area contributed by atoms with Gasteiger partial charge in [0.25, 0.3) is 0 Å². The summed E-state index contributed by atoms with van der Waals surface area (Å²) < 4.78 is 13.9. The van der Waals surface area contributed by atoms with Crippen LogP contribution in [-0.2, 0) is 6.42 Å². The summed E-state index contributed by atoms with van der Waals surface area (Å²) >= 11 is 0. The second kappa shape index (κ2) is 10.8. The third kappa shape index (κ3) is 6.86. The first-order valence-corrected chi connectivity index (χ1v) is 12.6. The van der Waals surface area contributed by atoms with Gasteiger partial charge in [0.2, 0.25) is 0 Å². The highest BCUT2D eigenvalue weighted by atomic mass is 19.1. The summed E-state index contributed by atoms with van der Waals surface area (Å²) in [5.74, 6) is 0.700. The van der Waals surface area contributed by atoms with Crippen molar-refractivity contribution < 1.29 is 4.39 Å². The van der Waals surface area contributed by atoms with Crippen molar-refractivity contribution >= 4 is 5.70 Å². The minimum absolute atomic E-state index is 0.542. The van der Waals surface area contributed by atoms with E-state index in [1.54, 1.807) is 13.8 Å². The Morgan fingerprint density at radius 1 is 1.00 bits per heavy atom. The summed E-state index contributed by atoms with van der Waals surface area (Å²) in [6.45, 7) is 12.4. The van der Waals surface area contributed by atoms with Crippen molar-refractivity contribution in [2.75, 3.05) is 32.7 Å². The number of nitrogens with zero attached hydrogens (tertiary/aromatic N) is 4. The fourth-order valence-corrected chi connectivity index (χ4v) is 5.13. The van der Waals surface area contributed by atoms with E-state index in [1.165, 1.54) is 24.8 Å². The highest BCUT2D eigenvalue weighted by molar-refractivity contribution is 5.66. The van der Waals surface area contributed by atoms with Crippen LogP contribution < -0.4 is 0 Å². The Balaban J connectivity index is 1.26. The Morgan fingerprint density at radius 2 is 1.70 bits per heavy atom. The van der Waals surface area contributed by atoms with Crippen LogP contribution in [0, 0.1) is 5.92 Å². The molecule has 33 heavy (non-hydrogen) atoms. The van der Waals surface area contributed by atoms with Gasteiger partial charge >= 0.3 is 0 Å². The maximum absolute atomic E-state index is 13.9. The first-order chi connectivity index (χ1) is 15.9. The molecule has 2 saturated heterocycles. The van der Waals surface area contributed by atoms with Gasteiger partial charge in [0.1, 0.15) is 5.67 Å². The predicted octanol–water partition coefficient (Wildman–Crippen LogP) is 5.99. The molecular formula is C28H39FN4. The molecule has 0 aliphatic carbocycles. The van der Waals surface area contributed by atoms with Crippen LogP contribution in [0.3, 0.4) is 0 Å². The molecule has 4 nitrogen and oxygen atoms in total. The monoisotopic (exact) mass is 450 g/mol. The van der Waals surface area contributed by atoms with E-state index >= 15 is 0 Å². The molecule has 2 aliphatic heterocycles. The molecule has 0 saturated carbocycles. The first kappa shape index (κ1) is 23.9. The summed E-state index contributed by atoms with van der Waals surface area (Å²) in [6, 6.07) is 8.55. The first-order valence-electron chi connectivity index (χ1n) is 12.6. The van der Waals surface area contributed by atoms with Gasteiger partial charge in [0, 0.05) is 37.1 Å². The van der Waals surface area contributed by atoms with Gasteiger partial charge in [-0.2, -0.15) is 0 Å². The SMILES string of the molecule is C=C(c1ccc(-c2cnc(CCC3CCN(CC(C)(C)F)CC3)cn2)cc1)N1CCCCC1. The van der Waals surface area contributed by atoms with Crippen LogP contribution in [-0.4, -0.2) is 58.2 Å². The molecule has 0 bridgehead atoms. The number of piperidine rings is 2. The zero-order valence-electron chi connectivity index (χ0n) is 20.4. The number of hydrogen-bond donors (Lipinski definition) is 0. The second-order valence-corrected chi connectivity index (χ2v) is 10.4. The van der Waals surface area contributed by atoms with E-state index < -0.39 is 5.67 Å². The van der Waals surface area contributed by atoms with E-state index in [-0.39, 0.29) is 0 Å². The Bertz CT molecular complexity index is 887. The van der Waals surface area contributed by atoms with E-state index in [9.17, 15) is 4.39 Å². The molecule has 0 radical (unpaired) electrons. The molecule has 0 atom stereocenters. The van der Waals surface area contributed by atoms with Crippen LogP contribution >= 0.6 is 0 Å². The van der Waals surface area contributed by atoms with Crippen LogP contribution in [0.2, 0.25) is 0 Å².